The molecule has 0 spiro atoms. The summed E-state index contributed by atoms with van der Waals surface area (Å²) in [5.41, 5.74) is 9.28. The molecule has 2 heteroatoms. The number of anilines is 3. The molecule has 1 aromatic heterocycles. The molecule has 0 radical (unpaired) electrons. The van der Waals surface area contributed by atoms with Crippen LogP contribution in [0.3, 0.4) is 0 Å². The average Bonchev–Trinajstić information content (AvgIpc) is 3.72. The van der Waals surface area contributed by atoms with Crippen LogP contribution in [0.5, 0.6) is 0 Å². The summed E-state index contributed by atoms with van der Waals surface area (Å²) in [6.07, 6.45) is 0. The number of hydrogen-bond acceptors (Lipinski definition) is 1. The van der Waals surface area contributed by atoms with E-state index in [9.17, 15) is 0 Å². The van der Waals surface area contributed by atoms with Gasteiger partial charge in [0.15, 0.2) is 0 Å². The van der Waals surface area contributed by atoms with Crippen LogP contribution in [0.1, 0.15) is 13.7 Å². The van der Waals surface area contributed by atoms with Crippen LogP contribution in [0.4, 0.5) is 17.1 Å². The summed E-state index contributed by atoms with van der Waals surface area (Å²) in [4.78, 5) is 1.99. The van der Waals surface area contributed by atoms with Crippen LogP contribution in [-0.2, 0) is 0 Å². The quantitative estimate of drug-likeness (QED) is 0.149. The third-order valence-corrected chi connectivity index (χ3v) is 11.1. The minimum Gasteiger partial charge on any atom is -0.310 e. The van der Waals surface area contributed by atoms with Crippen LogP contribution in [-0.4, -0.2) is 4.57 Å². The lowest BCUT2D eigenvalue weighted by Crippen LogP contribution is -2.10. The van der Waals surface area contributed by atoms with Crippen LogP contribution >= 0.6 is 0 Å². The Bertz CT molecular complexity index is 3740. The first-order valence-electron chi connectivity index (χ1n) is 24.8. The van der Waals surface area contributed by atoms with Crippen molar-refractivity contribution in [3.05, 3.63) is 242 Å². The zero-order chi connectivity index (χ0) is 48.5. The van der Waals surface area contributed by atoms with Gasteiger partial charge in [-0.2, -0.15) is 0 Å². The summed E-state index contributed by atoms with van der Waals surface area (Å²) in [6, 6.07) is 55.7. The van der Waals surface area contributed by atoms with Gasteiger partial charge in [0.2, 0.25) is 0 Å². The van der Waals surface area contributed by atoms with Crippen LogP contribution < -0.4 is 4.90 Å². The van der Waals surface area contributed by atoms with Crippen molar-refractivity contribution < 1.29 is 13.7 Å². The Morgan fingerprint density at radius 2 is 0.850 bits per heavy atom. The lowest BCUT2D eigenvalue weighted by molar-refractivity contribution is 1.20. The first kappa shape index (κ1) is 26.1. The minimum atomic E-state index is -0.548. The van der Waals surface area contributed by atoms with Crippen molar-refractivity contribution in [2.75, 3.05) is 4.90 Å². The fourth-order valence-corrected chi connectivity index (χ4v) is 8.41. The summed E-state index contributed by atoms with van der Waals surface area (Å²) >= 11 is 0. The van der Waals surface area contributed by atoms with Gasteiger partial charge in [-0.25, -0.2) is 0 Å². The molecular formula is C58H40N2. The smallest absolute Gasteiger partial charge is 0.0629 e. The Balaban J connectivity index is 1.19. The molecule has 0 aliphatic heterocycles. The Morgan fingerprint density at radius 1 is 0.317 bits per heavy atom. The van der Waals surface area contributed by atoms with Gasteiger partial charge in [-0.3, -0.25) is 0 Å². The van der Waals surface area contributed by atoms with Crippen molar-refractivity contribution in [3.63, 3.8) is 0 Å². The van der Waals surface area contributed by atoms with Crippen LogP contribution in [0, 0.1) is 0 Å². The lowest BCUT2D eigenvalue weighted by Gasteiger charge is -2.27. The van der Waals surface area contributed by atoms with E-state index < -0.39 is 60.4 Å². The van der Waals surface area contributed by atoms with Crippen molar-refractivity contribution in [2.45, 2.75) is 0 Å². The number of para-hydroxylation sites is 1. The van der Waals surface area contributed by atoms with E-state index in [-0.39, 0.29) is 22.3 Å². The Hall–Kier alpha value is -7.94. The maximum atomic E-state index is 9.04. The zero-order valence-electron chi connectivity index (χ0n) is 42.2. The molecular weight excluding hydrogens is 725 g/mol. The van der Waals surface area contributed by atoms with Crippen LogP contribution in [0.2, 0.25) is 0 Å². The number of benzene rings is 10. The Labute approximate surface area is 364 Å². The lowest BCUT2D eigenvalue weighted by atomic mass is 9.97. The van der Waals surface area contributed by atoms with Crippen molar-refractivity contribution in [1.82, 2.24) is 4.57 Å². The topological polar surface area (TPSA) is 8.17 Å². The van der Waals surface area contributed by atoms with Gasteiger partial charge in [0.05, 0.1) is 30.4 Å². The highest BCUT2D eigenvalue weighted by molar-refractivity contribution is 6.13. The van der Waals surface area contributed by atoms with Crippen molar-refractivity contribution in [1.29, 1.82) is 0 Å². The summed E-state index contributed by atoms with van der Waals surface area (Å²) in [7, 11) is 0. The molecule has 10 aromatic carbocycles. The number of rotatable bonds is 8. The predicted molar refractivity (Wildman–Crippen MR) is 255 cm³/mol. The van der Waals surface area contributed by atoms with E-state index in [1.807, 2.05) is 95.9 Å². The van der Waals surface area contributed by atoms with Gasteiger partial charge in [0.25, 0.3) is 0 Å². The third kappa shape index (κ3) is 6.32. The van der Waals surface area contributed by atoms with E-state index in [1.54, 1.807) is 12.1 Å². The molecule has 282 valence electrons. The predicted octanol–water partition coefficient (Wildman–Crippen LogP) is 16.1. The molecule has 0 aliphatic rings. The molecule has 0 N–H and O–H groups in total. The maximum absolute atomic E-state index is 9.04. The summed E-state index contributed by atoms with van der Waals surface area (Å²) in [5.74, 6) is 0. The summed E-state index contributed by atoms with van der Waals surface area (Å²) in [6.45, 7) is 0. The van der Waals surface area contributed by atoms with Gasteiger partial charge in [0.1, 0.15) is 0 Å². The molecule has 11 rings (SSSR count). The first-order chi connectivity index (χ1) is 33.9. The van der Waals surface area contributed by atoms with Gasteiger partial charge in [0, 0.05) is 33.2 Å². The molecule has 0 saturated carbocycles. The fraction of sp³-hybridized carbons (Fsp3) is 0. The normalized spacial score (nSPS) is 13.7. The highest BCUT2D eigenvalue weighted by Crippen LogP contribution is 2.44. The van der Waals surface area contributed by atoms with E-state index in [0.717, 1.165) is 60.5 Å². The van der Waals surface area contributed by atoms with Crippen molar-refractivity contribution in [2.24, 2.45) is 0 Å². The standard InChI is InChI=1S/C58H40N2/c1-5-17-41(18-6-1)44-29-31-48(32-30-44)59(50-38-46(42-19-7-2-8-20-42)37-47(39-50)43-21-9-3-10-22-43)49-33-35-58-55(40-49)54-27-15-16-28-56(54)60(58)57-36-34-51(45-23-11-4-12-24-45)52-25-13-14-26-53(52)57/h1-40H/i2D,3D,7D,8D,9D,10D,19D,20D,21D,22D. The van der Waals surface area contributed by atoms with Crippen molar-refractivity contribution in [3.8, 4) is 50.2 Å². The van der Waals surface area contributed by atoms with E-state index in [0.29, 0.717) is 17.1 Å². The number of nitrogens with zero attached hydrogens (tertiary/aromatic N) is 2. The maximum Gasteiger partial charge on any atom is 0.0629 e. The van der Waals surface area contributed by atoms with E-state index in [4.69, 9.17) is 13.7 Å². The molecule has 2 nitrogen and oxygen atoms in total. The summed E-state index contributed by atoms with van der Waals surface area (Å²) in [5, 5.41) is 4.15. The highest BCUT2D eigenvalue weighted by Gasteiger charge is 2.20. The number of fused-ring (bicyclic) bond motifs is 4. The third-order valence-electron chi connectivity index (χ3n) is 11.1. The van der Waals surface area contributed by atoms with Gasteiger partial charge in [-0.05, 0) is 111 Å². The van der Waals surface area contributed by atoms with E-state index >= 15 is 0 Å². The molecule has 0 bridgehead atoms. The monoisotopic (exact) mass is 774 g/mol. The van der Waals surface area contributed by atoms with E-state index in [2.05, 4.69) is 77.4 Å². The van der Waals surface area contributed by atoms with Crippen molar-refractivity contribution >= 4 is 49.6 Å². The second-order valence-corrected chi connectivity index (χ2v) is 14.6. The Kier molecular flexibility index (Phi) is 6.58. The van der Waals surface area contributed by atoms with Gasteiger partial charge in [-0.1, -0.05) is 182 Å². The Morgan fingerprint density at radius 3 is 1.52 bits per heavy atom. The average molecular weight is 775 g/mol. The van der Waals surface area contributed by atoms with Crippen LogP contribution in [0.15, 0.2) is 242 Å². The summed E-state index contributed by atoms with van der Waals surface area (Å²) < 4.78 is 89.6. The van der Waals surface area contributed by atoms with Gasteiger partial charge in [-0.15, -0.1) is 0 Å². The second kappa shape index (κ2) is 15.1. The molecule has 1 heterocycles. The highest BCUT2D eigenvalue weighted by atomic mass is 15.1. The molecule has 0 saturated heterocycles. The second-order valence-electron chi connectivity index (χ2n) is 14.6. The molecule has 0 atom stereocenters. The molecule has 60 heavy (non-hydrogen) atoms. The largest absolute Gasteiger partial charge is 0.310 e. The zero-order valence-corrected chi connectivity index (χ0v) is 32.2. The van der Waals surface area contributed by atoms with E-state index in [1.165, 1.54) is 6.07 Å². The minimum absolute atomic E-state index is 0.0927. The molecule has 0 unspecified atom stereocenters. The van der Waals surface area contributed by atoms with Crippen LogP contribution in [0.25, 0.3) is 82.8 Å². The fourth-order valence-electron chi connectivity index (χ4n) is 8.41. The molecule has 0 aliphatic carbocycles. The van der Waals surface area contributed by atoms with Gasteiger partial charge >= 0.3 is 0 Å². The number of aromatic nitrogens is 1. The molecule has 0 fully saturated rings. The van der Waals surface area contributed by atoms with Gasteiger partial charge < -0.3 is 9.47 Å². The SMILES string of the molecule is [2H]c1c([2H])c([2H])c(-c2cc(-c3c([2H])c([2H])c([2H])c([2H])c3[2H])cc(N(c3ccc(-c4ccccc4)cc3)c3ccc4c(c3)c3ccccc3n4-c3ccc(-c4ccccc4)c4ccccc34)c2)c([2H])c1[2H]. The number of hydrogen-bond donors (Lipinski definition) is 0. The molecule has 0 amide bonds. The first-order valence-corrected chi connectivity index (χ1v) is 19.8. The molecule has 11 aromatic rings.